The Bertz CT molecular complexity index is 333. The third kappa shape index (κ3) is 6.76. The topological polar surface area (TPSA) is 80.3 Å². The van der Waals surface area contributed by atoms with Crippen LogP contribution in [0.3, 0.4) is 0 Å². The lowest BCUT2D eigenvalue weighted by Crippen LogP contribution is -2.35. The van der Waals surface area contributed by atoms with Gasteiger partial charge in [0.15, 0.2) is 0 Å². The minimum atomic E-state index is -3.20. The van der Waals surface area contributed by atoms with E-state index in [0.717, 1.165) is 0 Å². The molecule has 9 heteroatoms. The van der Waals surface area contributed by atoms with Crippen molar-refractivity contribution in [1.29, 1.82) is 0 Å². The van der Waals surface area contributed by atoms with Crippen LogP contribution in [0.1, 0.15) is 27.7 Å². The van der Waals surface area contributed by atoms with Gasteiger partial charge in [-0.1, -0.05) is 0 Å². The average Bonchev–Trinajstić information content (AvgIpc) is 2.37. The van der Waals surface area contributed by atoms with Gasteiger partial charge in [0.2, 0.25) is 0 Å². The van der Waals surface area contributed by atoms with Gasteiger partial charge in [0.05, 0.1) is 26.4 Å². The number of rotatable bonds is 10. The van der Waals surface area contributed by atoms with Gasteiger partial charge in [0, 0.05) is 0 Å². The van der Waals surface area contributed by atoms with E-state index in [4.69, 9.17) is 34.9 Å². The van der Waals surface area contributed by atoms with Crippen molar-refractivity contribution in [1.82, 2.24) is 0 Å². The Kier molecular flexibility index (Phi) is 9.96. The maximum atomic E-state index is 11.8. The number of ether oxygens (including phenoxy) is 2. The van der Waals surface area contributed by atoms with E-state index in [1.807, 2.05) is 0 Å². The Labute approximate surface area is 124 Å². The summed E-state index contributed by atoms with van der Waals surface area (Å²) in [4.78, 5) is 23.5. The Morgan fingerprint density at radius 3 is 1.60 bits per heavy atom. The van der Waals surface area contributed by atoms with E-state index in [1.54, 1.807) is 27.7 Å². The molecule has 0 fully saturated rings. The zero-order valence-corrected chi connectivity index (χ0v) is 13.8. The van der Waals surface area contributed by atoms with E-state index in [9.17, 15) is 9.59 Å². The molecular weight excluding hydrogens is 307 g/mol. The van der Waals surface area contributed by atoms with Crippen LogP contribution in [0.15, 0.2) is 0 Å². The molecule has 0 rings (SSSR count). The van der Waals surface area contributed by atoms with Crippen LogP contribution in [0, 0.1) is 0 Å². The van der Waals surface area contributed by atoms with Crippen molar-refractivity contribution in [3.8, 4) is 0 Å². The summed E-state index contributed by atoms with van der Waals surface area (Å²) in [5.74, 6) is -1.75. The fourth-order valence-electron chi connectivity index (χ4n) is 1.16. The van der Waals surface area contributed by atoms with E-state index < -0.39 is 24.8 Å². The summed E-state index contributed by atoms with van der Waals surface area (Å²) in [6.45, 7) is 4.10. The molecule has 0 spiro atoms. The first-order valence-corrected chi connectivity index (χ1v) is 8.90. The summed E-state index contributed by atoms with van der Waals surface area (Å²) < 4.78 is 25.3. The number of esters is 2. The molecule has 0 unspecified atom stereocenters. The molecule has 0 N–H and O–H groups in total. The van der Waals surface area contributed by atoms with E-state index in [1.165, 1.54) is 0 Å². The average molecular weight is 328 g/mol. The summed E-state index contributed by atoms with van der Waals surface area (Å²) in [6.07, 6.45) is -1.60. The van der Waals surface area contributed by atoms with Crippen molar-refractivity contribution in [2.75, 3.05) is 26.4 Å². The summed E-state index contributed by atoms with van der Waals surface area (Å²) in [5.41, 5.74) is 0. The predicted octanol–water partition coefficient (Wildman–Crippen LogP) is 1.80. The molecule has 0 aliphatic rings. The SMILES string of the molecule is CCOC(=O)C(OP(=S)(OCC)OCC)C(=O)OCC. The number of carbonyl (C=O) groups is 2. The molecule has 0 bridgehead atoms. The molecule has 0 atom stereocenters. The van der Waals surface area contributed by atoms with Crippen LogP contribution in [-0.2, 0) is 44.4 Å². The summed E-state index contributed by atoms with van der Waals surface area (Å²) >= 11 is 5.11. The molecule has 0 aliphatic carbocycles. The first-order chi connectivity index (χ1) is 9.44. The second-order valence-electron chi connectivity index (χ2n) is 3.27. The summed E-state index contributed by atoms with van der Waals surface area (Å²) in [6, 6.07) is 0. The minimum Gasteiger partial charge on any atom is -0.464 e. The van der Waals surface area contributed by atoms with E-state index >= 15 is 0 Å². The number of carbonyl (C=O) groups excluding carboxylic acids is 2. The third-order valence-corrected chi connectivity index (χ3v) is 4.32. The van der Waals surface area contributed by atoms with Crippen molar-refractivity contribution in [2.45, 2.75) is 33.8 Å². The molecule has 0 aromatic rings. The van der Waals surface area contributed by atoms with E-state index in [2.05, 4.69) is 0 Å². The van der Waals surface area contributed by atoms with Crippen LogP contribution in [0.4, 0.5) is 0 Å². The molecule has 0 aromatic carbocycles. The molecule has 0 amide bonds. The smallest absolute Gasteiger partial charge is 0.347 e. The van der Waals surface area contributed by atoms with Gasteiger partial charge in [0.1, 0.15) is 0 Å². The first kappa shape index (κ1) is 19.5. The molecule has 0 saturated carbocycles. The van der Waals surface area contributed by atoms with Gasteiger partial charge < -0.3 is 18.5 Å². The Balaban J connectivity index is 5.05. The number of hydrogen-bond donors (Lipinski definition) is 0. The van der Waals surface area contributed by atoms with Crippen molar-refractivity contribution >= 4 is 30.5 Å². The third-order valence-electron chi connectivity index (χ3n) is 1.81. The van der Waals surface area contributed by atoms with Crippen LogP contribution in [0.5, 0.6) is 0 Å². The molecular formula is C11H21O7PS. The van der Waals surface area contributed by atoms with Crippen molar-refractivity contribution in [3.63, 3.8) is 0 Å². The van der Waals surface area contributed by atoms with Crippen molar-refractivity contribution in [2.24, 2.45) is 0 Å². The van der Waals surface area contributed by atoms with Crippen LogP contribution < -0.4 is 0 Å². The monoisotopic (exact) mass is 328 g/mol. The van der Waals surface area contributed by atoms with Gasteiger partial charge in [-0.2, -0.15) is 0 Å². The molecule has 0 aromatic heterocycles. The lowest BCUT2D eigenvalue weighted by molar-refractivity contribution is -0.167. The van der Waals surface area contributed by atoms with Gasteiger partial charge in [-0.3, -0.25) is 4.52 Å². The van der Waals surface area contributed by atoms with Crippen LogP contribution in [0.2, 0.25) is 0 Å². The van der Waals surface area contributed by atoms with Gasteiger partial charge in [0.25, 0.3) is 6.10 Å². The van der Waals surface area contributed by atoms with Crippen LogP contribution in [-0.4, -0.2) is 44.5 Å². The molecule has 7 nitrogen and oxygen atoms in total. The summed E-state index contributed by atoms with van der Waals surface area (Å²) in [7, 11) is 0. The Hall–Kier alpha value is -0.530. The Morgan fingerprint density at radius 2 is 1.30 bits per heavy atom. The zero-order valence-electron chi connectivity index (χ0n) is 12.1. The fourth-order valence-corrected chi connectivity index (χ4v) is 3.31. The van der Waals surface area contributed by atoms with Crippen LogP contribution >= 0.6 is 6.72 Å². The molecule has 0 heterocycles. The predicted molar refractivity (Wildman–Crippen MR) is 75.7 cm³/mol. The summed E-state index contributed by atoms with van der Waals surface area (Å²) in [5, 5.41) is 0. The standard InChI is InChI=1S/C11H21O7PS/c1-5-14-10(12)9(11(13)15-6-2)18-19(20,16-7-3)17-8-4/h9H,5-8H2,1-4H3. The molecule has 0 saturated heterocycles. The second kappa shape index (κ2) is 10.2. The Morgan fingerprint density at radius 1 is 0.900 bits per heavy atom. The highest BCUT2D eigenvalue weighted by molar-refractivity contribution is 8.07. The van der Waals surface area contributed by atoms with Gasteiger partial charge >= 0.3 is 18.7 Å². The maximum absolute atomic E-state index is 11.8. The van der Waals surface area contributed by atoms with Crippen molar-refractivity contribution in [3.05, 3.63) is 0 Å². The lowest BCUT2D eigenvalue weighted by atomic mass is 10.4. The number of hydrogen-bond acceptors (Lipinski definition) is 8. The highest BCUT2D eigenvalue weighted by Crippen LogP contribution is 2.51. The fraction of sp³-hybridized carbons (Fsp3) is 0.818. The molecule has 118 valence electrons. The molecule has 0 aliphatic heterocycles. The highest BCUT2D eigenvalue weighted by Gasteiger charge is 2.37. The van der Waals surface area contributed by atoms with Crippen molar-refractivity contribution < 1.29 is 32.6 Å². The van der Waals surface area contributed by atoms with Gasteiger partial charge in [-0.25, -0.2) is 9.59 Å². The van der Waals surface area contributed by atoms with Gasteiger partial charge in [-0.05, 0) is 39.5 Å². The van der Waals surface area contributed by atoms with E-state index in [0.29, 0.717) is 0 Å². The maximum Gasteiger partial charge on any atom is 0.347 e. The lowest BCUT2D eigenvalue weighted by Gasteiger charge is -2.24. The normalized spacial score (nSPS) is 11.4. The molecule has 0 radical (unpaired) electrons. The largest absolute Gasteiger partial charge is 0.464 e. The molecule has 20 heavy (non-hydrogen) atoms. The highest BCUT2D eigenvalue weighted by atomic mass is 32.5. The van der Waals surface area contributed by atoms with E-state index in [-0.39, 0.29) is 26.4 Å². The van der Waals surface area contributed by atoms with Gasteiger partial charge in [-0.15, -0.1) is 0 Å². The zero-order chi connectivity index (χ0) is 15.6. The van der Waals surface area contributed by atoms with Crippen LogP contribution in [0.25, 0.3) is 0 Å². The quantitative estimate of drug-likeness (QED) is 0.341. The first-order valence-electron chi connectivity index (χ1n) is 6.34. The minimum absolute atomic E-state index is 0.101. The second-order valence-corrected chi connectivity index (χ2v) is 6.24.